The molecule has 0 aliphatic carbocycles. The molecule has 0 saturated heterocycles. The summed E-state index contributed by atoms with van der Waals surface area (Å²) in [6, 6.07) is 0. The zero-order chi connectivity index (χ0) is 7.82. The molecule has 0 spiro atoms. The van der Waals surface area contributed by atoms with Crippen LogP contribution < -0.4 is 0 Å². The minimum Gasteiger partial charge on any atom is -0.429 e. The van der Waals surface area contributed by atoms with Gasteiger partial charge in [0.25, 0.3) is 0 Å². The van der Waals surface area contributed by atoms with Crippen LogP contribution in [-0.2, 0) is 13.0 Å². The van der Waals surface area contributed by atoms with Crippen LogP contribution in [0.25, 0.3) is 0 Å². The quantitative estimate of drug-likeness (QED) is 0.550. The average Bonchev–Trinajstić information content (AvgIpc) is 1.90. The molecule has 3 nitrogen and oxygen atoms in total. The molecule has 0 atom stereocenters. The van der Waals surface area contributed by atoms with Crippen molar-refractivity contribution in [1.29, 1.82) is 0 Å². The fourth-order valence-electron chi connectivity index (χ4n) is 0.361. The Kier molecular flexibility index (Phi) is 8.16. The van der Waals surface area contributed by atoms with Crippen molar-refractivity contribution in [3.63, 3.8) is 0 Å². The Morgan fingerprint density at radius 2 is 1.10 bits per heavy atom. The Bertz CT molecular complexity index is 61.7. The van der Waals surface area contributed by atoms with Crippen LogP contribution in [0.1, 0.15) is 0 Å². The van der Waals surface area contributed by atoms with E-state index in [1.807, 2.05) is 19.6 Å². The highest BCUT2D eigenvalue weighted by atomic mass is 28.2. The van der Waals surface area contributed by atoms with Crippen molar-refractivity contribution in [2.75, 3.05) is 0 Å². The van der Waals surface area contributed by atoms with Crippen LogP contribution in [0.5, 0.6) is 0 Å². The van der Waals surface area contributed by atoms with E-state index < -0.39 is 7.32 Å². The Balaban J connectivity index is 3.30. The summed E-state index contributed by atoms with van der Waals surface area (Å²) in [4.78, 5) is 0. The van der Waals surface area contributed by atoms with Crippen LogP contribution in [0.15, 0.2) is 0 Å². The molecule has 0 heterocycles. The van der Waals surface area contributed by atoms with Gasteiger partial charge in [0, 0.05) is 0 Å². The highest BCUT2D eigenvalue weighted by molar-refractivity contribution is 6.57. The van der Waals surface area contributed by atoms with Gasteiger partial charge in [-0.3, -0.25) is 0 Å². The van der Waals surface area contributed by atoms with Crippen molar-refractivity contribution in [3.05, 3.63) is 0 Å². The molecule has 0 rings (SSSR count). The Morgan fingerprint density at radius 1 is 0.800 bits per heavy atom. The predicted molar refractivity (Wildman–Crippen MR) is 43.9 cm³/mol. The lowest BCUT2D eigenvalue weighted by Gasteiger charge is -2.09. The Labute approximate surface area is 69.8 Å². The van der Waals surface area contributed by atoms with E-state index in [1.54, 1.807) is 0 Å². The molecule has 0 amide bonds. The summed E-state index contributed by atoms with van der Waals surface area (Å²) < 4.78 is 15.4. The van der Waals surface area contributed by atoms with Crippen LogP contribution in [0.4, 0.5) is 0 Å². The van der Waals surface area contributed by atoms with Gasteiger partial charge in [-0.05, 0) is 19.6 Å². The molecule has 0 unspecified atom stereocenters. The van der Waals surface area contributed by atoms with Gasteiger partial charge in [0.2, 0.25) is 29.3 Å². The molecule has 0 bridgehead atoms. The van der Waals surface area contributed by atoms with E-state index in [2.05, 4.69) is 0 Å². The Hall–Kier alpha value is 0.596. The molecule has 10 heavy (non-hydrogen) atoms. The van der Waals surface area contributed by atoms with Gasteiger partial charge in [0.15, 0.2) is 0 Å². The van der Waals surface area contributed by atoms with E-state index >= 15 is 0 Å². The summed E-state index contributed by atoms with van der Waals surface area (Å²) in [5, 5.41) is 0. The van der Waals surface area contributed by atoms with Gasteiger partial charge in [0.1, 0.15) is 0 Å². The fraction of sp³-hybridized carbons (Fsp3) is 1.00. The summed E-state index contributed by atoms with van der Waals surface area (Å²) in [7, 11) is 0.815. The second-order valence-electron chi connectivity index (χ2n) is 1.25. The summed E-state index contributed by atoms with van der Waals surface area (Å²) in [5.74, 6) is 0. The zero-order valence-corrected chi connectivity index (χ0v) is 9.30. The van der Waals surface area contributed by atoms with E-state index in [-0.39, 0.29) is 0 Å². The smallest absolute Gasteiger partial charge is 0.429 e. The zero-order valence-electron chi connectivity index (χ0n) is 6.30. The van der Waals surface area contributed by atoms with Gasteiger partial charge in [0.05, 0.1) is 0 Å². The molecule has 0 aliphatic rings. The lowest BCUT2D eigenvalue weighted by Crippen LogP contribution is -2.29. The average molecular weight is 188 g/mol. The van der Waals surface area contributed by atoms with Gasteiger partial charge < -0.3 is 13.0 Å². The largest absolute Gasteiger partial charge is 0.606 e. The molecule has 0 aromatic carbocycles. The highest BCUT2D eigenvalue weighted by Crippen LogP contribution is 1.88. The lowest BCUT2D eigenvalue weighted by molar-refractivity contribution is 0.333. The SMILES string of the molecule is C[Si]OB(O[Si]C)O[Si]C. The molecule has 7 heteroatoms. The summed E-state index contributed by atoms with van der Waals surface area (Å²) in [5.41, 5.74) is 0. The first-order chi connectivity index (χ1) is 4.85. The maximum absolute atomic E-state index is 5.12. The molecule has 0 fully saturated rings. The van der Waals surface area contributed by atoms with Crippen molar-refractivity contribution in [2.24, 2.45) is 0 Å². The van der Waals surface area contributed by atoms with Crippen LogP contribution in [0, 0.1) is 0 Å². The summed E-state index contributed by atoms with van der Waals surface area (Å²) >= 11 is 0. The second kappa shape index (κ2) is 7.70. The summed E-state index contributed by atoms with van der Waals surface area (Å²) in [6.45, 7) is 5.83. The standard InChI is InChI=1S/C3H9BO3Si3/c1-8-5-4(6-9-2)7-10-3/h1-3H3. The third kappa shape index (κ3) is 5.39. The minimum atomic E-state index is -0.435. The van der Waals surface area contributed by atoms with Crippen LogP contribution in [0.3, 0.4) is 0 Å². The number of hydrogen-bond donors (Lipinski definition) is 0. The monoisotopic (exact) mass is 188 g/mol. The second-order valence-corrected chi connectivity index (χ2v) is 3.19. The molecule has 0 saturated carbocycles. The van der Waals surface area contributed by atoms with E-state index in [0.717, 1.165) is 0 Å². The Morgan fingerprint density at radius 3 is 1.30 bits per heavy atom. The number of hydrogen-bond acceptors (Lipinski definition) is 3. The van der Waals surface area contributed by atoms with E-state index in [4.69, 9.17) is 13.0 Å². The molecular weight excluding hydrogens is 179 g/mol. The van der Waals surface area contributed by atoms with E-state index in [0.29, 0.717) is 29.3 Å². The first kappa shape index (κ1) is 10.6. The van der Waals surface area contributed by atoms with Gasteiger partial charge in [-0.1, -0.05) is 0 Å². The number of rotatable bonds is 6. The van der Waals surface area contributed by atoms with Crippen molar-refractivity contribution in [2.45, 2.75) is 19.6 Å². The molecule has 0 aromatic heterocycles. The minimum absolute atomic E-state index is 0.417. The van der Waals surface area contributed by atoms with Crippen LogP contribution >= 0.6 is 0 Å². The maximum atomic E-state index is 5.12. The van der Waals surface area contributed by atoms with Crippen LogP contribution in [0.2, 0.25) is 19.6 Å². The lowest BCUT2D eigenvalue weighted by atomic mass is 10.3. The van der Waals surface area contributed by atoms with Gasteiger partial charge in [-0.25, -0.2) is 0 Å². The fourth-order valence-corrected chi connectivity index (χ4v) is 1.52. The normalized spacial score (nSPS) is 9.90. The third-order valence-electron chi connectivity index (χ3n) is 0.642. The van der Waals surface area contributed by atoms with Gasteiger partial charge >= 0.3 is 7.32 Å². The van der Waals surface area contributed by atoms with Crippen molar-refractivity contribution in [1.82, 2.24) is 0 Å². The van der Waals surface area contributed by atoms with E-state index in [1.165, 1.54) is 0 Å². The maximum Gasteiger partial charge on any atom is 0.606 e. The topological polar surface area (TPSA) is 27.7 Å². The van der Waals surface area contributed by atoms with Crippen LogP contribution in [-0.4, -0.2) is 36.6 Å². The van der Waals surface area contributed by atoms with Crippen molar-refractivity contribution < 1.29 is 13.0 Å². The van der Waals surface area contributed by atoms with Gasteiger partial charge in [-0.2, -0.15) is 0 Å². The molecule has 0 aliphatic heterocycles. The molecule has 6 radical (unpaired) electrons. The summed E-state index contributed by atoms with van der Waals surface area (Å²) in [6.07, 6.45) is 0. The first-order valence-electron chi connectivity index (χ1n) is 2.82. The third-order valence-corrected chi connectivity index (χ3v) is 1.93. The van der Waals surface area contributed by atoms with Gasteiger partial charge in [-0.15, -0.1) is 0 Å². The highest BCUT2D eigenvalue weighted by Gasteiger charge is 2.17. The van der Waals surface area contributed by atoms with Crippen molar-refractivity contribution >= 4 is 36.6 Å². The molecule has 0 aromatic rings. The first-order valence-corrected chi connectivity index (χ1v) is 7.04. The van der Waals surface area contributed by atoms with Crippen molar-refractivity contribution in [3.8, 4) is 0 Å². The molecular formula is C3H9BO3Si3. The predicted octanol–water partition coefficient (Wildman–Crippen LogP) is 0.0230. The van der Waals surface area contributed by atoms with E-state index in [9.17, 15) is 0 Å². The molecule has 0 N–H and O–H groups in total. The molecule has 54 valence electrons.